The molecule has 7 nitrogen and oxygen atoms in total. The number of nitrogens with one attached hydrogen (secondary N) is 2. The Hall–Kier alpha value is -3.13. The molecule has 0 radical (unpaired) electrons. The van der Waals surface area contributed by atoms with E-state index in [0.717, 1.165) is 59.9 Å². The second-order valence-electron chi connectivity index (χ2n) is 8.10. The zero-order chi connectivity index (χ0) is 21.5. The number of fused-ring (bicyclic) bond motifs is 4. The van der Waals surface area contributed by atoms with Crippen LogP contribution in [0.25, 0.3) is 10.9 Å². The maximum Gasteiger partial charge on any atom is 0.338 e. The van der Waals surface area contributed by atoms with E-state index in [-0.39, 0.29) is 0 Å². The summed E-state index contributed by atoms with van der Waals surface area (Å²) in [5, 5.41) is 4.18. The van der Waals surface area contributed by atoms with Gasteiger partial charge in [-0.3, -0.25) is 9.59 Å². The third-order valence-electron chi connectivity index (χ3n) is 6.09. The Morgan fingerprint density at radius 2 is 1.87 bits per heavy atom. The number of aromatic amines is 1. The summed E-state index contributed by atoms with van der Waals surface area (Å²) in [6, 6.07) is 5.43. The fourth-order valence-electron chi connectivity index (χ4n) is 4.66. The second-order valence-corrected chi connectivity index (χ2v) is 9.20. The van der Waals surface area contributed by atoms with E-state index in [9.17, 15) is 14.4 Å². The number of rotatable bonds is 5. The number of primary amides is 1. The topological polar surface area (TPSA) is 114 Å². The largest absolute Gasteiger partial charge is 0.452 e. The van der Waals surface area contributed by atoms with Crippen LogP contribution in [0.4, 0.5) is 5.00 Å². The van der Waals surface area contributed by atoms with Gasteiger partial charge in [-0.05, 0) is 74.3 Å². The minimum absolute atomic E-state index is 0.389. The summed E-state index contributed by atoms with van der Waals surface area (Å²) in [7, 11) is 0. The SMILES string of the molecule is NC(=O)c1c(NC(=O)COC(=O)c2ccc3[nH]c4c(c3c2)CCCC4)sc2c1CCC2. The highest BCUT2D eigenvalue weighted by Gasteiger charge is 2.26. The van der Waals surface area contributed by atoms with Crippen molar-refractivity contribution < 1.29 is 19.1 Å². The first-order chi connectivity index (χ1) is 15.0. The van der Waals surface area contributed by atoms with Crippen LogP contribution in [-0.4, -0.2) is 29.4 Å². The first-order valence-electron chi connectivity index (χ1n) is 10.6. The van der Waals surface area contributed by atoms with Crippen LogP contribution in [0.1, 0.15) is 61.7 Å². The van der Waals surface area contributed by atoms with Crippen LogP contribution in [0.2, 0.25) is 0 Å². The van der Waals surface area contributed by atoms with Gasteiger partial charge in [0.05, 0.1) is 11.1 Å². The number of aromatic nitrogens is 1. The van der Waals surface area contributed by atoms with Gasteiger partial charge in [0.25, 0.3) is 11.8 Å². The molecule has 31 heavy (non-hydrogen) atoms. The van der Waals surface area contributed by atoms with Crippen molar-refractivity contribution in [2.24, 2.45) is 5.73 Å². The van der Waals surface area contributed by atoms with Crippen molar-refractivity contribution in [3.8, 4) is 0 Å². The van der Waals surface area contributed by atoms with Crippen LogP contribution in [0.5, 0.6) is 0 Å². The molecular formula is C23H23N3O4S. The molecule has 0 saturated heterocycles. The van der Waals surface area contributed by atoms with Crippen molar-refractivity contribution >= 4 is 45.0 Å². The lowest BCUT2D eigenvalue weighted by Crippen LogP contribution is -2.22. The van der Waals surface area contributed by atoms with E-state index in [0.29, 0.717) is 16.1 Å². The normalized spacial score (nSPS) is 14.8. The summed E-state index contributed by atoms with van der Waals surface area (Å²) in [6.45, 7) is -0.428. The number of amides is 2. The van der Waals surface area contributed by atoms with Gasteiger partial charge in [-0.2, -0.15) is 0 Å². The van der Waals surface area contributed by atoms with E-state index in [2.05, 4.69) is 10.3 Å². The zero-order valence-corrected chi connectivity index (χ0v) is 17.8. The molecule has 2 heterocycles. The number of nitrogens with two attached hydrogens (primary N) is 1. The van der Waals surface area contributed by atoms with Gasteiger partial charge in [0.15, 0.2) is 6.61 Å². The molecule has 160 valence electrons. The number of hydrogen-bond donors (Lipinski definition) is 3. The van der Waals surface area contributed by atoms with Crippen molar-refractivity contribution in [1.82, 2.24) is 4.98 Å². The fraction of sp³-hybridized carbons (Fsp3) is 0.348. The van der Waals surface area contributed by atoms with Gasteiger partial charge in [-0.15, -0.1) is 11.3 Å². The van der Waals surface area contributed by atoms with Crippen LogP contribution >= 0.6 is 11.3 Å². The van der Waals surface area contributed by atoms with E-state index in [1.54, 1.807) is 6.07 Å². The molecule has 2 aromatic heterocycles. The molecule has 2 aliphatic rings. The van der Waals surface area contributed by atoms with E-state index in [4.69, 9.17) is 10.5 Å². The van der Waals surface area contributed by atoms with Gasteiger partial charge < -0.3 is 20.8 Å². The molecule has 0 unspecified atom stereocenters. The van der Waals surface area contributed by atoms with Gasteiger partial charge in [0.2, 0.25) is 0 Å². The van der Waals surface area contributed by atoms with E-state index >= 15 is 0 Å². The van der Waals surface area contributed by atoms with Crippen molar-refractivity contribution in [1.29, 1.82) is 0 Å². The Morgan fingerprint density at radius 1 is 1.06 bits per heavy atom. The number of H-pyrrole nitrogens is 1. The van der Waals surface area contributed by atoms with Crippen LogP contribution in [-0.2, 0) is 35.2 Å². The standard InChI is InChI=1S/C23H23N3O4S/c24-21(28)20-14-5-3-7-18(14)31-22(20)26-19(27)11-30-23(29)12-8-9-17-15(10-12)13-4-1-2-6-16(13)25-17/h8-10,25H,1-7,11H2,(H2,24,28)(H,26,27). The van der Waals surface area contributed by atoms with Crippen molar-refractivity contribution in [2.45, 2.75) is 44.9 Å². The molecule has 5 rings (SSSR count). The second kappa shape index (κ2) is 7.85. The van der Waals surface area contributed by atoms with Crippen LogP contribution in [0, 0.1) is 0 Å². The number of hydrogen-bond acceptors (Lipinski definition) is 5. The quantitative estimate of drug-likeness (QED) is 0.530. The average molecular weight is 438 g/mol. The minimum Gasteiger partial charge on any atom is -0.452 e. The summed E-state index contributed by atoms with van der Waals surface area (Å²) in [5.74, 6) is -1.59. The van der Waals surface area contributed by atoms with Crippen LogP contribution in [0.15, 0.2) is 18.2 Å². The predicted molar refractivity (Wildman–Crippen MR) is 119 cm³/mol. The number of thiophene rings is 1. The molecule has 0 saturated carbocycles. The number of carbonyl (C=O) groups is 3. The third kappa shape index (κ3) is 3.61. The molecule has 2 amide bonds. The highest BCUT2D eigenvalue weighted by atomic mass is 32.1. The summed E-state index contributed by atoms with van der Waals surface area (Å²) in [4.78, 5) is 41.3. The molecule has 0 spiro atoms. The molecule has 3 aromatic rings. The number of esters is 1. The zero-order valence-electron chi connectivity index (χ0n) is 17.0. The molecule has 8 heteroatoms. The first kappa shape index (κ1) is 19.8. The average Bonchev–Trinajstić information content (AvgIpc) is 3.43. The molecule has 0 atom stereocenters. The van der Waals surface area contributed by atoms with Gasteiger partial charge in [0, 0.05) is 21.5 Å². The maximum atomic E-state index is 12.5. The smallest absolute Gasteiger partial charge is 0.338 e. The lowest BCUT2D eigenvalue weighted by molar-refractivity contribution is -0.119. The predicted octanol–water partition coefficient (Wildman–Crippen LogP) is 3.49. The molecule has 0 fully saturated rings. The van der Waals surface area contributed by atoms with Gasteiger partial charge in [-0.25, -0.2) is 4.79 Å². The molecule has 0 bridgehead atoms. The summed E-state index contributed by atoms with van der Waals surface area (Å²) in [5.41, 5.74) is 10.8. The minimum atomic E-state index is -0.549. The van der Waals surface area contributed by atoms with E-state index in [1.807, 2.05) is 12.1 Å². The Labute approximate surface area is 183 Å². The lowest BCUT2D eigenvalue weighted by atomic mass is 9.95. The van der Waals surface area contributed by atoms with E-state index in [1.165, 1.54) is 29.0 Å². The van der Waals surface area contributed by atoms with Crippen LogP contribution < -0.4 is 11.1 Å². The summed E-state index contributed by atoms with van der Waals surface area (Å²) < 4.78 is 5.24. The first-order valence-corrected chi connectivity index (χ1v) is 11.4. The highest BCUT2D eigenvalue weighted by molar-refractivity contribution is 7.17. The lowest BCUT2D eigenvalue weighted by Gasteiger charge is -2.10. The number of anilines is 1. The monoisotopic (exact) mass is 437 g/mol. The van der Waals surface area contributed by atoms with Gasteiger partial charge in [0.1, 0.15) is 5.00 Å². The maximum absolute atomic E-state index is 12.5. The molecule has 4 N–H and O–H groups in total. The Morgan fingerprint density at radius 3 is 2.71 bits per heavy atom. The number of aryl methyl sites for hydroxylation is 3. The Kier molecular flexibility index (Phi) is 5.02. The molecular weight excluding hydrogens is 414 g/mol. The molecule has 1 aromatic carbocycles. The van der Waals surface area contributed by atoms with Crippen molar-refractivity contribution in [3.63, 3.8) is 0 Å². The number of ether oxygens (including phenoxy) is 1. The Bertz CT molecular complexity index is 1220. The van der Waals surface area contributed by atoms with Crippen molar-refractivity contribution in [2.75, 3.05) is 11.9 Å². The summed E-state index contributed by atoms with van der Waals surface area (Å²) in [6.07, 6.45) is 7.02. The molecule has 0 aliphatic heterocycles. The van der Waals surface area contributed by atoms with E-state index < -0.39 is 24.4 Å². The van der Waals surface area contributed by atoms with Gasteiger partial charge >= 0.3 is 5.97 Å². The number of carbonyl (C=O) groups excluding carboxylic acids is 3. The third-order valence-corrected chi connectivity index (χ3v) is 7.30. The molecule has 2 aliphatic carbocycles. The van der Waals surface area contributed by atoms with Crippen molar-refractivity contribution in [3.05, 3.63) is 51.0 Å². The highest BCUT2D eigenvalue weighted by Crippen LogP contribution is 2.38. The van der Waals surface area contributed by atoms with Gasteiger partial charge in [-0.1, -0.05) is 0 Å². The summed E-state index contributed by atoms with van der Waals surface area (Å²) >= 11 is 1.37. The number of benzene rings is 1. The fourth-order valence-corrected chi connectivity index (χ4v) is 5.97. The van der Waals surface area contributed by atoms with Crippen LogP contribution in [0.3, 0.4) is 0 Å². The Balaban J connectivity index is 1.27.